The molecule has 1 aliphatic heterocycles. The van der Waals surface area contributed by atoms with Crippen LogP contribution in [-0.2, 0) is 4.74 Å². The van der Waals surface area contributed by atoms with Crippen molar-refractivity contribution in [3.63, 3.8) is 0 Å². The third-order valence-corrected chi connectivity index (χ3v) is 3.61. The van der Waals surface area contributed by atoms with Gasteiger partial charge in [-0.15, -0.1) is 0 Å². The third-order valence-electron chi connectivity index (χ3n) is 3.61. The number of aliphatic imine (C=N–C) groups is 1. The number of ether oxygens (including phenoxy) is 1. The number of carbonyl (C=O) groups excluding carboxylic acids is 1. The van der Waals surface area contributed by atoms with Crippen LogP contribution in [0.15, 0.2) is 35.3 Å². The van der Waals surface area contributed by atoms with Gasteiger partial charge in [-0.3, -0.25) is 4.99 Å². The lowest BCUT2D eigenvalue weighted by atomic mass is 10.0. The van der Waals surface area contributed by atoms with Gasteiger partial charge in [0.25, 0.3) is 0 Å². The summed E-state index contributed by atoms with van der Waals surface area (Å²) in [4.78, 5) is 18.7. The van der Waals surface area contributed by atoms with E-state index in [0.29, 0.717) is 6.54 Å². The minimum atomic E-state index is -0.452. The topological polar surface area (TPSA) is 41.9 Å². The predicted molar refractivity (Wildman–Crippen MR) is 89.5 cm³/mol. The molecule has 2 rings (SSSR count). The highest BCUT2D eigenvalue weighted by molar-refractivity contribution is 5.79. The summed E-state index contributed by atoms with van der Waals surface area (Å²) < 4.78 is 5.51. The lowest BCUT2D eigenvalue weighted by molar-refractivity contribution is 0.0110. The Kier molecular flexibility index (Phi) is 5.58. The molecule has 1 heterocycles. The van der Waals surface area contributed by atoms with E-state index in [9.17, 15) is 4.79 Å². The van der Waals surface area contributed by atoms with Crippen molar-refractivity contribution in [1.82, 2.24) is 4.90 Å². The third kappa shape index (κ3) is 5.17. The first-order valence-electron chi connectivity index (χ1n) is 8.00. The Morgan fingerprint density at radius 2 is 2.05 bits per heavy atom. The molecule has 1 unspecified atom stereocenters. The maximum absolute atomic E-state index is 12.3. The zero-order chi connectivity index (χ0) is 16.0. The van der Waals surface area contributed by atoms with Gasteiger partial charge in [0.2, 0.25) is 0 Å². The Balaban J connectivity index is 1.95. The molecule has 0 radical (unpaired) electrons. The van der Waals surface area contributed by atoms with Crippen LogP contribution >= 0.6 is 0 Å². The number of piperidine rings is 1. The van der Waals surface area contributed by atoms with E-state index in [1.165, 1.54) is 0 Å². The van der Waals surface area contributed by atoms with Crippen molar-refractivity contribution in [1.29, 1.82) is 0 Å². The molecular formula is C18H26N2O2. The van der Waals surface area contributed by atoms with E-state index in [4.69, 9.17) is 4.74 Å². The first-order valence-corrected chi connectivity index (χ1v) is 8.00. The van der Waals surface area contributed by atoms with Crippen LogP contribution in [0.1, 0.15) is 45.6 Å². The molecular weight excluding hydrogens is 276 g/mol. The number of rotatable bonds is 3. The second-order valence-corrected chi connectivity index (χ2v) is 6.73. The molecule has 1 fully saturated rings. The molecule has 4 heteroatoms. The molecule has 1 amide bonds. The average Bonchev–Trinajstić information content (AvgIpc) is 2.47. The Labute approximate surface area is 133 Å². The quantitative estimate of drug-likeness (QED) is 0.795. The van der Waals surface area contributed by atoms with Crippen molar-refractivity contribution in [2.75, 3.05) is 13.1 Å². The molecule has 0 aromatic heterocycles. The van der Waals surface area contributed by atoms with Crippen LogP contribution in [0.4, 0.5) is 4.79 Å². The van der Waals surface area contributed by atoms with Gasteiger partial charge in [0, 0.05) is 12.8 Å². The zero-order valence-electron chi connectivity index (χ0n) is 13.8. The van der Waals surface area contributed by atoms with Gasteiger partial charge in [0.05, 0.1) is 12.6 Å². The highest BCUT2D eigenvalue weighted by Gasteiger charge is 2.30. The van der Waals surface area contributed by atoms with E-state index in [-0.39, 0.29) is 12.1 Å². The SMILES string of the molecule is CC(C)(C)OC(=O)N1CCCCC1CN=Cc1ccccc1. The van der Waals surface area contributed by atoms with Crippen LogP contribution in [-0.4, -0.2) is 41.9 Å². The molecule has 22 heavy (non-hydrogen) atoms. The first-order chi connectivity index (χ1) is 10.5. The number of nitrogens with zero attached hydrogens (tertiary/aromatic N) is 2. The minimum absolute atomic E-state index is 0.142. The Hall–Kier alpha value is -1.84. The molecule has 4 nitrogen and oxygen atoms in total. The maximum atomic E-state index is 12.3. The van der Waals surface area contributed by atoms with Gasteiger partial charge in [-0.2, -0.15) is 0 Å². The van der Waals surface area contributed by atoms with Crippen LogP contribution in [0.2, 0.25) is 0 Å². The van der Waals surface area contributed by atoms with Gasteiger partial charge in [0.15, 0.2) is 0 Å². The normalized spacial score (nSPS) is 19.4. The number of benzene rings is 1. The maximum Gasteiger partial charge on any atom is 0.410 e. The fourth-order valence-electron chi connectivity index (χ4n) is 2.57. The lowest BCUT2D eigenvalue weighted by Gasteiger charge is -2.36. The molecule has 1 saturated heterocycles. The monoisotopic (exact) mass is 302 g/mol. The summed E-state index contributed by atoms with van der Waals surface area (Å²) in [6, 6.07) is 10.2. The first kappa shape index (κ1) is 16.5. The van der Waals surface area contributed by atoms with Crippen LogP contribution in [0.3, 0.4) is 0 Å². The van der Waals surface area contributed by atoms with Gasteiger partial charge < -0.3 is 9.64 Å². The fraction of sp³-hybridized carbons (Fsp3) is 0.556. The van der Waals surface area contributed by atoms with Crippen molar-refractivity contribution in [3.8, 4) is 0 Å². The molecule has 1 atom stereocenters. The van der Waals surface area contributed by atoms with Gasteiger partial charge in [-0.1, -0.05) is 30.3 Å². The van der Waals surface area contributed by atoms with E-state index in [0.717, 1.165) is 31.4 Å². The molecule has 1 aromatic carbocycles. The summed E-state index contributed by atoms with van der Waals surface area (Å²) in [7, 11) is 0. The summed E-state index contributed by atoms with van der Waals surface area (Å²) in [6.07, 6.45) is 4.84. The van der Waals surface area contributed by atoms with Crippen molar-refractivity contribution in [2.45, 2.75) is 51.7 Å². The fourth-order valence-corrected chi connectivity index (χ4v) is 2.57. The van der Waals surface area contributed by atoms with E-state index in [1.54, 1.807) is 0 Å². The van der Waals surface area contributed by atoms with Crippen molar-refractivity contribution >= 4 is 12.3 Å². The number of carbonyl (C=O) groups is 1. The van der Waals surface area contributed by atoms with Gasteiger partial charge in [0.1, 0.15) is 5.60 Å². The van der Waals surface area contributed by atoms with Crippen molar-refractivity contribution in [2.24, 2.45) is 4.99 Å². The van der Waals surface area contributed by atoms with Crippen LogP contribution in [0, 0.1) is 0 Å². The molecule has 0 bridgehead atoms. The molecule has 0 spiro atoms. The molecule has 0 N–H and O–H groups in total. The van der Waals surface area contributed by atoms with Gasteiger partial charge in [-0.05, 0) is 45.6 Å². The molecule has 0 aliphatic carbocycles. The lowest BCUT2D eigenvalue weighted by Crippen LogP contribution is -2.47. The number of hydrogen-bond acceptors (Lipinski definition) is 3. The smallest absolute Gasteiger partial charge is 0.410 e. The summed E-state index contributed by atoms with van der Waals surface area (Å²) in [5, 5.41) is 0. The van der Waals surface area contributed by atoms with E-state index in [1.807, 2.05) is 62.2 Å². The van der Waals surface area contributed by atoms with Crippen LogP contribution in [0.5, 0.6) is 0 Å². The second kappa shape index (κ2) is 7.43. The van der Waals surface area contributed by atoms with Crippen molar-refractivity contribution < 1.29 is 9.53 Å². The zero-order valence-corrected chi connectivity index (χ0v) is 13.8. The minimum Gasteiger partial charge on any atom is -0.444 e. The standard InChI is InChI=1S/C18H26N2O2/c1-18(2,3)22-17(21)20-12-8-7-11-16(20)14-19-13-15-9-5-4-6-10-15/h4-6,9-10,13,16H,7-8,11-12,14H2,1-3H3. The molecule has 1 aliphatic rings. The van der Waals surface area contributed by atoms with Crippen LogP contribution in [0.25, 0.3) is 0 Å². The number of likely N-dealkylation sites (tertiary alicyclic amines) is 1. The Morgan fingerprint density at radius 3 is 2.73 bits per heavy atom. The summed E-state index contributed by atoms with van der Waals surface area (Å²) >= 11 is 0. The van der Waals surface area contributed by atoms with E-state index in [2.05, 4.69) is 4.99 Å². The molecule has 120 valence electrons. The summed E-state index contributed by atoms with van der Waals surface area (Å²) in [6.45, 7) is 7.10. The van der Waals surface area contributed by atoms with Gasteiger partial charge >= 0.3 is 6.09 Å². The highest BCUT2D eigenvalue weighted by atomic mass is 16.6. The number of hydrogen-bond donors (Lipinski definition) is 0. The Bertz CT molecular complexity index is 506. The van der Waals surface area contributed by atoms with Gasteiger partial charge in [-0.25, -0.2) is 4.79 Å². The average molecular weight is 302 g/mol. The number of amides is 1. The van der Waals surface area contributed by atoms with Crippen molar-refractivity contribution in [3.05, 3.63) is 35.9 Å². The predicted octanol–water partition coefficient (Wildman–Crippen LogP) is 3.90. The largest absolute Gasteiger partial charge is 0.444 e. The Morgan fingerprint density at radius 1 is 1.32 bits per heavy atom. The molecule has 0 saturated carbocycles. The second-order valence-electron chi connectivity index (χ2n) is 6.73. The van der Waals surface area contributed by atoms with E-state index >= 15 is 0 Å². The van der Waals surface area contributed by atoms with E-state index < -0.39 is 5.60 Å². The summed E-state index contributed by atoms with van der Waals surface area (Å²) in [5.74, 6) is 0. The van der Waals surface area contributed by atoms with Crippen LogP contribution < -0.4 is 0 Å². The highest BCUT2D eigenvalue weighted by Crippen LogP contribution is 2.20. The summed E-state index contributed by atoms with van der Waals surface area (Å²) in [5.41, 5.74) is 0.633. The molecule has 1 aromatic rings.